The molecule has 0 aliphatic carbocycles. The van der Waals surface area contributed by atoms with Gasteiger partial charge in [-0.25, -0.2) is 0 Å². The Morgan fingerprint density at radius 1 is 0.885 bits per heavy atom. The van der Waals surface area contributed by atoms with E-state index in [2.05, 4.69) is 0 Å². The topological polar surface area (TPSA) is 34.1 Å². The molecular weight excluding hydrogens is 340 g/mol. The van der Waals surface area contributed by atoms with Gasteiger partial charge in [0.05, 0.1) is 16.0 Å². The minimum atomic E-state index is -1.33. The maximum Gasteiger partial charge on any atom is 0.190 e. The fourth-order valence-electron chi connectivity index (χ4n) is 3.29. The molecule has 2 atom stereocenters. The molecule has 1 heterocycles. The molecule has 2 nitrogen and oxygen atoms in total. The maximum absolute atomic E-state index is 13.4. The molecule has 2 unspecified atom stereocenters. The molecule has 1 aliphatic rings. The van der Waals surface area contributed by atoms with E-state index in [-0.39, 0.29) is 5.78 Å². The molecule has 0 spiro atoms. The predicted octanol–water partition coefficient (Wildman–Crippen LogP) is 5.12. The van der Waals surface area contributed by atoms with Gasteiger partial charge in [0.15, 0.2) is 5.78 Å². The smallest absolute Gasteiger partial charge is 0.190 e. The van der Waals surface area contributed by atoms with Crippen molar-refractivity contribution in [3.05, 3.63) is 107 Å². The van der Waals surface area contributed by atoms with Gasteiger partial charge >= 0.3 is 0 Å². The summed E-state index contributed by atoms with van der Waals surface area (Å²) in [6.45, 7) is 1.99. The average molecular weight is 358 g/mol. The number of hydrogen-bond acceptors (Lipinski definition) is 2. The van der Waals surface area contributed by atoms with Gasteiger partial charge < -0.3 is 0 Å². The molecule has 128 valence electrons. The Hall–Kier alpha value is -2.78. The van der Waals surface area contributed by atoms with Crippen molar-refractivity contribution in [2.45, 2.75) is 17.1 Å². The largest absolute Gasteiger partial charge is 0.289 e. The van der Waals surface area contributed by atoms with Crippen LogP contribution < -0.4 is 0 Å². The van der Waals surface area contributed by atoms with Gasteiger partial charge in [0.25, 0.3) is 0 Å². The number of fused-ring (bicyclic) bond motifs is 1. The lowest BCUT2D eigenvalue weighted by atomic mass is 9.94. The summed E-state index contributed by atoms with van der Waals surface area (Å²) in [5.41, 5.74) is 4.02. The highest BCUT2D eigenvalue weighted by Gasteiger charge is 2.34. The van der Waals surface area contributed by atoms with Crippen LogP contribution in [-0.2, 0) is 10.8 Å². The number of carbonyl (C=O) groups is 1. The molecule has 3 heteroatoms. The van der Waals surface area contributed by atoms with Crippen LogP contribution in [0.5, 0.6) is 0 Å². The van der Waals surface area contributed by atoms with E-state index in [0.29, 0.717) is 11.1 Å². The number of hydrogen-bond donors (Lipinski definition) is 0. The van der Waals surface area contributed by atoms with E-state index in [0.717, 1.165) is 21.6 Å². The van der Waals surface area contributed by atoms with E-state index < -0.39 is 16.0 Å². The summed E-state index contributed by atoms with van der Waals surface area (Å²) in [5, 5.41) is -0.460. The van der Waals surface area contributed by atoms with Gasteiger partial charge in [-0.05, 0) is 35.8 Å². The van der Waals surface area contributed by atoms with E-state index >= 15 is 0 Å². The minimum absolute atomic E-state index is 0.0703. The molecule has 0 amide bonds. The number of carbonyl (C=O) groups excluding carboxylic acids is 1. The Labute approximate surface area is 155 Å². The van der Waals surface area contributed by atoms with E-state index in [9.17, 15) is 9.00 Å². The van der Waals surface area contributed by atoms with Crippen LogP contribution in [0.2, 0.25) is 0 Å². The van der Waals surface area contributed by atoms with Gasteiger partial charge in [-0.3, -0.25) is 9.00 Å². The van der Waals surface area contributed by atoms with Crippen LogP contribution in [-0.4, -0.2) is 9.99 Å². The van der Waals surface area contributed by atoms with Gasteiger partial charge in [-0.15, -0.1) is 0 Å². The van der Waals surface area contributed by atoms with Gasteiger partial charge in [0.2, 0.25) is 0 Å². The number of benzene rings is 3. The normalized spacial score (nSPS) is 18.7. The van der Waals surface area contributed by atoms with Crippen molar-refractivity contribution in [2.75, 3.05) is 0 Å². The van der Waals surface area contributed by atoms with Crippen LogP contribution in [0, 0.1) is 6.92 Å². The molecule has 0 bridgehead atoms. The second-order valence-corrected chi connectivity index (χ2v) is 7.93. The number of rotatable bonds is 3. The highest BCUT2D eigenvalue weighted by molar-refractivity contribution is 7.85. The van der Waals surface area contributed by atoms with Crippen LogP contribution in [0.1, 0.15) is 32.3 Å². The zero-order valence-electron chi connectivity index (χ0n) is 14.4. The van der Waals surface area contributed by atoms with Crippen molar-refractivity contribution >= 4 is 22.7 Å². The molecule has 0 radical (unpaired) electrons. The number of ketones is 1. The molecule has 0 saturated heterocycles. The van der Waals surface area contributed by atoms with Crippen molar-refractivity contribution in [2.24, 2.45) is 0 Å². The van der Waals surface area contributed by atoms with E-state index in [1.165, 1.54) is 0 Å². The fourth-order valence-corrected chi connectivity index (χ4v) is 5.02. The molecule has 4 rings (SSSR count). The SMILES string of the molecule is Cc1ccc2c(c1)S(=O)C(c1ccccc1)C(C(=O)c1ccccc1)=C2. The second kappa shape index (κ2) is 6.85. The zero-order chi connectivity index (χ0) is 18.1. The molecule has 0 aromatic heterocycles. The second-order valence-electron chi connectivity index (χ2n) is 6.42. The van der Waals surface area contributed by atoms with Gasteiger partial charge in [-0.2, -0.15) is 0 Å². The zero-order valence-corrected chi connectivity index (χ0v) is 15.2. The lowest BCUT2D eigenvalue weighted by Crippen LogP contribution is -2.20. The summed E-state index contributed by atoms with van der Waals surface area (Å²) in [7, 11) is -1.33. The molecule has 0 fully saturated rings. The summed E-state index contributed by atoms with van der Waals surface area (Å²) in [5.74, 6) is -0.0703. The van der Waals surface area contributed by atoms with Crippen molar-refractivity contribution in [3.63, 3.8) is 0 Å². The molecule has 26 heavy (non-hydrogen) atoms. The Kier molecular flexibility index (Phi) is 4.39. The molecule has 0 saturated carbocycles. The van der Waals surface area contributed by atoms with E-state index in [1.807, 2.05) is 79.7 Å². The third-order valence-corrected chi connectivity index (χ3v) is 6.34. The quantitative estimate of drug-likeness (QED) is 0.609. The Morgan fingerprint density at radius 3 is 2.23 bits per heavy atom. The van der Waals surface area contributed by atoms with E-state index in [4.69, 9.17) is 0 Å². The summed E-state index contributed by atoms with van der Waals surface area (Å²) < 4.78 is 13.4. The Balaban J connectivity index is 1.91. The first-order chi connectivity index (χ1) is 12.6. The fraction of sp³-hybridized carbons (Fsp3) is 0.0870. The molecule has 0 N–H and O–H groups in total. The van der Waals surface area contributed by atoms with Crippen LogP contribution >= 0.6 is 0 Å². The van der Waals surface area contributed by atoms with Crippen LogP contribution in [0.3, 0.4) is 0 Å². The average Bonchev–Trinajstić information content (AvgIpc) is 2.69. The highest BCUT2D eigenvalue weighted by Crippen LogP contribution is 2.40. The maximum atomic E-state index is 13.4. The third kappa shape index (κ3) is 2.95. The first-order valence-electron chi connectivity index (χ1n) is 8.52. The standard InChI is InChI=1S/C23H18O2S/c1-16-12-13-19-15-20(22(24)17-8-4-2-5-9-17)23(26(25)21(19)14-16)18-10-6-3-7-11-18/h2-15,23H,1H3. The van der Waals surface area contributed by atoms with Gasteiger partial charge in [0.1, 0.15) is 0 Å². The van der Waals surface area contributed by atoms with Crippen LogP contribution in [0.15, 0.2) is 89.3 Å². The Bertz CT molecular complexity index is 1020. The van der Waals surface area contributed by atoms with Gasteiger partial charge in [0, 0.05) is 16.0 Å². The predicted molar refractivity (Wildman–Crippen MR) is 106 cm³/mol. The summed E-state index contributed by atoms with van der Waals surface area (Å²) >= 11 is 0. The summed E-state index contributed by atoms with van der Waals surface area (Å²) in [6, 6.07) is 24.7. The van der Waals surface area contributed by atoms with Crippen LogP contribution in [0.4, 0.5) is 0 Å². The van der Waals surface area contributed by atoms with Crippen LogP contribution in [0.25, 0.3) is 6.08 Å². The Morgan fingerprint density at radius 2 is 1.54 bits per heavy atom. The molecule has 1 aliphatic heterocycles. The van der Waals surface area contributed by atoms with Crippen molar-refractivity contribution < 1.29 is 9.00 Å². The lowest BCUT2D eigenvalue weighted by Gasteiger charge is -2.25. The van der Waals surface area contributed by atoms with Crippen molar-refractivity contribution in [1.29, 1.82) is 0 Å². The summed E-state index contributed by atoms with van der Waals surface area (Å²) in [6.07, 6.45) is 1.91. The van der Waals surface area contributed by atoms with E-state index in [1.54, 1.807) is 12.1 Å². The minimum Gasteiger partial charge on any atom is -0.289 e. The molecule has 3 aromatic carbocycles. The number of aryl methyl sites for hydroxylation is 1. The monoisotopic (exact) mass is 358 g/mol. The van der Waals surface area contributed by atoms with Gasteiger partial charge in [-0.1, -0.05) is 72.8 Å². The third-order valence-electron chi connectivity index (χ3n) is 4.59. The first kappa shape index (κ1) is 16.7. The first-order valence-corrected chi connectivity index (χ1v) is 9.74. The molecule has 3 aromatic rings. The number of Topliss-reactive ketones (excluding diaryl/α,β-unsaturated/α-hetero) is 1. The summed E-state index contributed by atoms with van der Waals surface area (Å²) in [4.78, 5) is 14.0. The lowest BCUT2D eigenvalue weighted by molar-refractivity contribution is 0.103. The van der Waals surface area contributed by atoms with Crippen molar-refractivity contribution in [1.82, 2.24) is 0 Å². The van der Waals surface area contributed by atoms with Crippen molar-refractivity contribution in [3.8, 4) is 0 Å². The highest BCUT2D eigenvalue weighted by atomic mass is 32.2. The molecular formula is C23H18O2S.